The van der Waals surface area contributed by atoms with Crippen LogP contribution in [0.25, 0.3) is 11.2 Å². The number of aromatic nitrogens is 4. The minimum atomic E-state index is -0.669. The van der Waals surface area contributed by atoms with Crippen molar-refractivity contribution in [3.63, 3.8) is 0 Å². The van der Waals surface area contributed by atoms with Gasteiger partial charge in [0, 0.05) is 13.1 Å². The minimum absolute atomic E-state index is 0.0494. The van der Waals surface area contributed by atoms with Gasteiger partial charge in [0.1, 0.15) is 5.52 Å². The Bertz CT molecular complexity index is 734. The quantitative estimate of drug-likeness (QED) is 0.637. The zero-order valence-corrected chi connectivity index (χ0v) is 14.8. The molecule has 0 N–H and O–H groups in total. The first-order valence-corrected chi connectivity index (χ1v) is 10.3. The Morgan fingerprint density at radius 2 is 2.00 bits per heavy atom. The fourth-order valence-electron chi connectivity index (χ4n) is 3.20. The van der Waals surface area contributed by atoms with Gasteiger partial charge in [0.25, 0.3) is 0 Å². The van der Waals surface area contributed by atoms with Crippen molar-refractivity contribution in [1.29, 1.82) is 0 Å². The van der Waals surface area contributed by atoms with Gasteiger partial charge in [0.05, 0.1) is 25.4 Å². The van der Waals surface area contributed by atoms with E-state index in [-0.39, 0.29) is 17.0 Å². The molecule has 0 bridgehead atoms. The van der Waals surface area contributed by atoms with Crippen molar-refractivity contribution in [3.05, 3.63) is 22.0 Å². The van der Waals surface area contributed by atoms with Crippen LogP contribution in [-0.4, -0.2) is 34.2 Å². The lowest BCUT2D eigenvalue weighted by Gasteiger charge is -2.27. The van der Waals surface area contributed by atoms with Gasteiger partial charge in [0.2, 0.25) is 5.28 Å². The highest BCUT2D eigenvalue weighted by Crippen LogP contribution is 2.31. The average molecular weight is 340 g/mol. The first-order valence-electron chi connectivity index (χ1n) is 7.53. The third-order valence-corrected chi connectivity index (χ3v) is 5.20. The Labute approximate surface area is 135 Å². The maximum atomic E-state index is 12.5. The van der Waals surface area contributed by atoms with Crippen molar-refractivity contribution in [2.24, 2.45) is 7.05 Å². The number of halogens is 1. The Morgan fingerprint density at radius 3 is 2.64 bits per heavy atom. The van der Waals surface area contributed by atoms with Gasteiger partial charge in [-0.3, -0.25) is 9.13 Å². The summed E-state index contributed by atoms with van der Waals surface area (Å²) in [5.74, 6) is 0. The Hall–Kier alpha value is -1.18. The van der Waals surface area contributed by atoms with E-state index >= 15 is 0 Å². The molecule has 0 radical (unpaired) electrons. The summed E-state index contributed by atoms with van der Waals surface area (Å²) in [7, 11) is 1.08. The third-order valence-electron chi connectivity index (χ3n) is 4.21. The Kier molecular flexibility index (Phi) is 4.38. The van der Waals surface area contributed by atoms with Gasteiger partial charge in [0.15, 0.2) is 5.65 Å². The number of imidazole rings is 1. The van der Waals surface area contributed by atoms with Crippen molar-refractivity contribution < 1.29 is 4.43 Å². The second-order valence-electron chi connectivity index (χ2n) is 6.02. The molecular weight excluding hydrogens is 320 g/mol. The molecule has 0 aromatic carbocycles. The molecule has 0 aliphatic heterocycles. The number of nitrogens with zero attached hydrogens (tertiary/aromatic N) is 4. The largest absolute Gasteiger partial charge is 0.467 e. The van der Waals surface area contributed by atoms with E-state index in [1.807, 2.05) is 0 Å². The van der Waals surface area contributed by atoms with Crippen LogP contribution in [0.15, 0.2) is 11.0 Å². The van der Waals surface area contributed by atoms with Gasteiger partial charge in [-0.25, -0.2) is 14.2 Å². The summed E-state index contributed by atoms with van der Waals surface area (Å²) in [6.45, 7) is 4.32. The van der Waals surface area contributed by atoms with Crippen molar-refractivity contribution in [2.45, 2.75) is 50.9 Å². The highest BCUT2D eigenvalue weighted by molar-refractivity contribution is 6.48. The summed E-state index contributed by atoms with van der Waals surface area (Å²) in [6, 6.07) is 0.159. The smallest absolute Gasteiger partial charge is 0.292 e. The highest BCUT2D eigenvalue weighted by Gasteiger charge is 2.30. The second kappa shape index (κ2) is 6.14. The molecular formula is C14H20ClN4O2Si+. The summed E-state index contributed by atoms with van der Waals surface area (Å²) in [6.07, 6.45) is 5.79. The second-order valence-corrected chi connectivity index (χ2v) is 8.41. The Morgan fingerprint density at radius 1 is 1.32 bits per heavy atom. The number of fused-ring (bicyclic) bond motifs is 1. The number of hydrogen-bond donors (Lipinski definition) is 0. The predicted octanol–water partition coefficient (Wildman–Crippen LogP) is 2.53. The first-order chi connectivity index (χ1) is 10.5. The van der Waals surface area contributed by atoms with Crippen molar-refractivity contribution in [3.8, 4) is 0 Å². The average Bonchev–Trinajstić information content (AvgIpc) is 2.71. The molecule has 8 heteroatoms. The SMILES string of the molecule is Cn1c(=O)n(C2CCC(O[Si+](C)C)CC2)c2nc(Cl)ncc21. The lowest BCUT2D eigenvalue weighted by Crippen LogP contribution is -2.32. The molecule has 2 aromatic rings. The molecule has 1 aliphatic rings. The van der Waals surface area contributed by atoms with E-state index in [0.29, 0.717) is 11.8 Å². The summed E-state index contributed by atoms with van der Waals surface area (Å²) in [4.78, 5) is 20.8. The summed E-state index contributed by atoms with van der Waals surface area (Å²) < 4.78 is 9.35. The molecule has 0 unspecified atom stereocenters. The molecule has 2 aromatic heterocycles. The van der Waals surface area contributed by atoms with Crippen LogP contribution in [0.5, 0.6) is 0 Å². The molecule has 0 atom stereocenters. The Balaban J connectivity index is 1.90. The lowest BCUT2D eigenvalue weighted by atomic mass is 9.93. The number of hydrogen-bond acceptors (Lipinski definition) is 4. The van der Waals surface area contributed by atoms with E-state index in [9.17, 15) is 4.79 Å². The van der Waals surface area contributed by atoms with Crippen molar-refractivity contribution in [2.75, 3.05) is 0 Å². The minimum Gasteiger partial charge on any atom is -0.292 e. The van der Waals surface area contributed by atoms with Gasteiger partial charge in [-0.2, -0.15) is 4.98 Å². The maximum Gasteiger partial charge on any atom is 0.467 e. The van der Waals surface area contributed by atoms with Crippen LogP contribution < -0.4 is 5.69 Å². The van der Waals surface area contributed by atoms with Crippen LogP contribution in [-0.2, 0) is 11.5 Å². The number of rotatable bonds is 3. The van der Waals surface area contributed by atoms with E-state index in [1.54, 1.807) is 22.4 Å². The highest BCUT2D eigenvalue weighted by atomic mass is 35.5. The molecule has 3 rings (SSSR count). The molecule has 22 heavy (non-hydrogen) atoms. The first kappa shape index (κ1) is 15.7. The third kappa shape index (κ3) is 2.85. The zero-order chi connectivity index (χ0) is 15.9. The lowest BCUT2D eigenvalue weighted by molar-refractivity contribution is 0.133. The van der Waals surface area contributed by atoms with Crippen LogP contribution in [0.2, 0.25) is 18.4 Å². The summed E-state index contributed by atoms with van der Waals surface area (Å²) in [5.41, 5.74) is 1.31. The van der Waals surface area contributed by atoms with Crippen LogP contribution in [0.1, 0.15) is 31.7 Å². The van der Waals surface area contributed by atoms with E-state index in [4.69, 9.17) is 16.0 Å². The van der Waals surface area contributed by atoms with Gasteiger partial charge in [-0.1, -0.05) is 0 Å². The fraction of sp³-hybridized carbons (Fsp3) is 0.643. The number of aryl methyl sites for hydroxylation is 1. The van der Waals surface area contributed by atoms with Crippen LogP contribution in [0.3, 0.4) is 0 Å². The van der Waals surface area contributed by atoms with Crippen molar-refractivity contribution >= 4 is 31.8 Å². The molecule has 118 valence electrons. The molecule has 1 aliphatic carbocycles. The molecule has 6 nitrogen and oxygen atoms in total. The monoisotopic (exact) mass is 339 g/mol. The standard InChI is InChI=1S/C14H20ClN4O2Si/c1-18-11-8-16-13(15)17-12(11)19(14(18)20)9-4-6-10(7-5-9)21-22(2)3/h8-10H,4-7H2,1-3H3/q+1. The van der Waals surface area contributed by atoms with Crippen LogP contribution >= 0.6 is 11.6 Å². The van der Waals surface area contributed by atoms with E-state index in [1.165, 1.54) is 0 Å². The van der Waals surface area contributed by atoms with Gasteiger partial charge >= 0.3 is 14.7 Å². The van der Waals surface area contributed by atoms with Crippen LogP contribution in [0.4, 0.5) is 0 Å². The summed E-state index contributed by atoms with van der Waals surface area (Å²) in [5, 5.41) is 0.174. The van der Waals surface area contributed by atoms with Crippen molar-refractivity contribution in [1.82, 2.24) is 19.1 Å². The maximum absolute atomic E-state index is 12.5. The van der Waals surface area contributed by atoms with Gasteiger partial charge in [-0.05, 0) is 37.3 Å². The van der Waals surface area contributed by atoms with Crippen LogP contribution in [0, 0.1) is 0 Å². The van der Waals surface area contributed by atoms with Gasteiger partial charge in [-0.15, -0.1) is 0 Å². The molecule has 0 spiro atoms. The normalized spacial score (nSPS) is 22.2. The molecule has 1 saturated carbocycles. The van der Waals surface area contributed by atoms with E-state index in [0.717, 1.165) is 31.2 Å². The van der Waals surface area contributed by atoms with E-state index in [2.05, 4.69) is 23.1 Å². The topological polar surface area (TPSA) is 61.9 Å². The zero-order valence-electron chi connectivity index (χ0n) is 13.0. The molecule has 0 saturated heterocycles. The predicted molar refractivity (Wildman–Crippen MR) is 87.6 cm³/mol. The van der Waals surface area contributed by atoms with E-state index < -0.39 is 9.04 Å². The molecule has 0 amide bonds. The molecule has 1 fully saturated rings. The fourth-order valence-corrected chi connectivity index (χ4v) is 4.23. The molecule has 2 heterocycles. The summed E-state index contributed by atoms with van der Waals surface area (Å²) >= 11 is 5.91. The van der Waals surface area contributed by atoms with Gasteiger partial charge < -0.3 is 0 Å².